The van der Waals surface area contributed by atoms with Gasteiger partial charge in [0.05, 0.1) is 6.10 Å². The molecule has 2 heterocycles. The Morgan fingerprint density at radius 1 is 1.65 bits per heavy atom. The minimum Gasteiger partial charge on any atom is -0.479 e. The van der Waals surface area contributed by atoms with E-state index in [-0.39, 0.29) is 18.8 Å². The number of carbonyl (C=O) groups is 1. The van der Waals surface area contributed by atoms with Gasteiger partial charge in [0, 0.05) is 18.8 Å². The normalized spacial score (nSPS) is 22.2. The first-order chi connectivity index (χ1) is 9.69. The van der Waals surface area contributed by atoms with Gasteiger partial charge < -0.3 is 19.9 Å². The van der Waals surface area contributed by atoms with Crippen LogP contribution in [0.4, 0.5) is 5.82 Å². The number of hydrogen-bond donors (Lipinski definition) is 2. The first kappa shape index (κ1) is 14.6. The fourth-order valence-corrected chi connectivity index (χ4v) is 2.24. The Morgan fingerprint density at radius 2 is 2.50 bits per heavy atom. The summed E-state index contributed by atoms with van der Waals surface area (Å²) < 4.78 is 10.9. The summed E-state index contributed by atoms with van der Waals surface area (Å²) in [6.07, 6.45) is 4.75. The molecule has 0 amide bonds. The lowest BCUT2D eigenvalue weighted by molar-refractivity contribution is -0.139. The maximum Gasteiger partial charge on any atom is 0.341 e. The number of ether oxygens (including phenoxy) is 2. The molecule has 0 aromatic carbocycles. The monoisotopic (exact) mass is 280 g/mol. The molecule has 1 aromatic rings. The Bertz CT molecular complexity index is 453. The maximum absolute atomic E-state index is 10.6. The Morgan fingerprint density at radius 3 is 3.25 bits per heavy atom. The molecule has 0 aliphatic carbocycles. The van der Waals surface area contributed by atoms with Crippen molar-refractivity contribution in [3.63, 3.8) is 0 Å². The quantitative estimate of drug-likeness (QED) is 0.828. The molecule has 0 saturated carbocycles. The summed E-state index contributed by atoms with van der Waals surface area (Å²) in [6.45, 7) is 2.47. The Kier molecular flexibility index (Phi) is 5.17. The zero-order valence-corrected chi connectivity index (χ0v) is 11.5. The highest BCUT2D eigenvalue weighted by atomic mass is 16.5. The van der Waals surface area contributed by atoms with Crippen molar-refractivity contribution in [2.75, 3.05) is 18.5 Å². The van der Waals surface area contributed by atoms with Crippen LogP contribution < -0.4 is 10.1 Å². The molecule has 1 aromatic heterocycles. The molecule has 1 aliphatic heterocycles. The third-order valence-electron chi connectivity index (χ3n) is 3.29. The number of carboxylic acids is 1. The van der Waals surface area contributed by atoms with Crippen molar-refractivity contribution in [2.45, 2.75) is 38.3 Å². The van der Waals surface area contributed by atoms with Gasteiger partial charge in [-0.05, 0) is 31.4 Å². The molecule has 2 atom stereocenters. The number of carboxylic acid groups (broad SMARTS) is 1. The molecule has 0 spiro atoms. The number of hydrogen-bond acceptors (Lipinski definition) is 5. The van der Waals surface area contributed by atoms with Crippen molar-refractivity contribution in [1.29, 1.82) is 0 Å². The molecule has 0 radical (unpaired) electrons. The zero-order valence-electron chi connectivity index (χ0n) is 11.5. The van der Waals surface area contributed by atoms with Gasteiger partial charge >= 0.3 is 5.97 Å². The van der Waals surface area contributed by atoms with Gasteiger partial charge in [-0.25, -0.2) is 9.78 Å². The van der Waals surface area contributed by atoms with Crippen molar-refractivity contribution in [3.8, 4) is 5.75 Å². The van der Waals surface area contributed by atoms with E-state index in [1.807, 2.05) is 0 Å². The van der Waals surface area contributed by atoms with Crippen LogP contribution in [0.25, 0.3) is 0 Å². The molecular formula is C14H20N2O4. The van der Waals surface area contributed by atoms with Crippen molar-refractivity contribution in [2.24, 2.45) is 0 Å². The summed E-state index contributed by atoms with van der Waals surface area (Å²) in [5.74, 6) is 0.0573. The van der Waals surface area contributed by atoms with E-state index in [2.05, 4.69) is 17.2 Å². The van der Waals surface area contributed by atoms with Crippen molar-refractivity contribution >= 4 is 11.8 Å². The lowest BCUT2D eigenvalue weighted by Gasteiger charge is -2.30. The van der Waals surface area contributed by atoms with E-state index < -0.39 is 5.97 Å². The molecule has 6 heteroatoms. The van der Waals surface area contributed by atoms with Gasteiger partial charge in [0.25, 0.3) is 0 Å². The second kappa shape index (κ2) is 7.09. The SMILES string of the molecule is CC[C@@H]1C[C@H](Nc2ncccc2OCC(=O)O)CCO1. The fraction of sp³-hybridized carbons (Fsp3) is 0.571. The standard InChI is InChI=1S/C14H20N2O4/c1-2-11-8-10(5-7-19-11)16-14-12(4-3-6-15-14)20-9-13(17)18/h3-4,6,10-11H,2,5,7-9H2,1H3,(H,15,16)(H,17,18)/t10-,11-/m1/s1. The van der Waals surface area contributed by atoms with E-state index in [0.717, 1.165) is 25.9 Å². The van der Waals surface area contributed by atoms with E-state index >= 15 is 0 Å². The smallest absolute Gasteiger partial charge is 0.341 e. The lowest BCUT2D eigenvalue weighted by Crippen LogP contribution is -2.34. The lowest BCUT2D eigenvalue weighted by atomic mass is 10.0. The highest BCUT2D eigenvalue weighted by Crippen LogP contribution is 2.25. The molecule has 0 unspecified atom stereocenters. The van der Waals surface area contributed by atoms with Crippen LogP contribution in [0, 0.1) is 0 Å². The largest absolute Gasteiger partial charge is 0.479 e. The second-order valence-electron chi connectivity index (χ2n) is 4.80. The average molecular weight is 280 g/mol. The van der Waals surface area contributed by atoms with Crippen LogP contribution in [-0.4, -0.2) is 41.4 Å². The average Bonchev–Trinajstić information content (AvgIpc) is 2.46. The van der Waals surface area contributed by atoms with E-state index in [9.17, 15) is 4.79 Å². The van der Waals surface area contributed by atoms with Gasteiger partial charge in [0.15, 0.2) is 18.2 Å². The van der Waals surface area contributed by atoms with E-state index in [4.69, 9.17) is 14.6 Å². The van der Waals surface area contributed by atoms with Gasteiger partial charge in [-0.3, -0.25) is 0 Å². The molecular weight excluding hydrogens is 260 g/mol. The molecule has 110 valence electrons. The highest BCUT2D eigenvalue weighted by Gasteiger charge is 2.22. The summed E-state index contributed by atoms with van der Waals surface area (Å²) in [6, 6.07) is 3.71. The number of nitrogens with zero attached hydrogens (tertiary/aromatic N) is 1. The van der Waals surface area contributed by atoms with Crippen LogP contribution in [-0.2, 0) is 9.53 Å². The predicted octanol–water partition coefficient (Wildman–Crippen LogP) is 1.91. The van der Waals surface area contributed by atoms with Crippen molar-refractivity contribution in [3.05, 3.63) is 18.3 Å². The van der Waals surface area contributed by atoms with Gasteiger partial charge in [0.1, 0.15) is 0 Å². The number of aliphatic carboxylic acids is 1. The number of rotatable bonds is 6. The fourth-order valence-electron chi connectivity index (χ4n) is 2.24. The summed E-state index contributed by atoms with van der Waals surface area (Å²) in [5, 5.41) is 12.0. The minimum atomic E-state index is -1.00. The van der Waals surface area contributed by atoms with Gasteiger partial charge in [-0.1, -0.05) is 6.92 Å². The molecule has 1 saturated heterocycles. The van der Waals surface area contributed by atoms with Gasteiger partial charge in [-0.15, -0.1) is 0 Å². The molecule has 6 nitrogen and oxygen atoms in total. The summed E-state index contributed by atoms with van der Waals surface area (Å²) in [7, 11) is 0. The van der Waals surface area contributed by atoms with E-state index in [1.54, 1.807) is 18.3 Å². The highest BCUT2D eigenvalue weighted by molar-refractivity contribution is 5.68. The number of anilines is 1. The zero-order chi connectivity index (χ0) is 14.4. The minimum absolute atomic E-state index is 0.272. The van der Waals surface area contributed by atoms with Gasteiger partial charge in [-0.2, -0.15) is 0 Å². The first-order valence-electron chi connectivity index (χ1n) is 6.86. The summed E-state index contributed by atoms with van der Waals surface area (Å²) in [5.41, 5.74) is 0. The summed E-state index contributed by atoms with van der Waals surface area (Å²) in [4.78, 5) is 14.8. The first-order valence-corrected chi connectivity index (χ1v) is 6.86. The van der Waals surface area contributed by atoms with Crippen LogP contribution in [0.5, 0.6) is 5.75 Å². The summed E-state index contributed by atoms with van der Waals surface area (Å²) >= 11 is 0. The van der Waals surface area contributed by atoms with Crippen LogP contribution in [0.3, 0.4) is 0 Å². The van der Waals surface area contributed by atoms with E-state index in [1.165, 1.54) is 0 Å². The molecule has 1 fully saturated rings. The van der Waals surface area contributed by atoms with Crippen molar-refractivity contribution in [1.82, 2.24) is 4.98 Å². The van der Waals surface area contributed by atoms with Crippen LogP contribution >= 0.6 is 0 Å². The Labute approximate surface area is 118 Å². The second-order valence-corrected chi connectivity index (χ2v) is 4.80. The van der Waals surface area contributed by atoms with E-state index in [0.29, 0.717) is 11.6 Å². The predicted molar refractivity (Wildman–Crippen MR) is 74.0 cm³/mol. The topological polar surface area (TPSA) is 80.7 Å². The number of aromatic nitrogens is 1. The maximum atomic E-state index is 10.6. The molecule has 0 bridgehead atoms. The van der Waals surface area contributed by atoms with Crippen LogP contribution in [0.15, 0.2) is 18.3 Å². The molecule has 20 heavy (non-hydrogen) atoms. The number of nitrogens with one attached hydrogen (secondary N) is 1. The van der Waals surface area contributed by atoms with Crippen LogP contribution in [0.1, 0.15) is 26.2 Å². The molecule has 1 aliphatic rings. The van der Waals surface area contributed by atoms with Gasteiger partial charge in [0.2, 0.25) is 0 Å². The van der Waals surface area contributed by atoms with Crippen LogP contribution in [0.2, 0.25) is 0 Å². The molecule has 2 rings (SSSR count). The third-order valence-corrected chi connectivity index (χ3v) is 3.29. The van der Waals surface area contributed by atoms with Crippen molar-refractivity contribution < 1.29 is 19.4 Å². The Balaban J connectivity index is 1.99. The number of pyridine rings is 1. The Hall–Kier alpha value is -1.82. The third kappa shape index (κ3) is 4.09. The molecule has 2 N–H and O–H groups in total.